The summed E-state index contributed by atoms with van der Waals surface area (Å²) in [5, 5.41) is 18.6. The van der Waals surface area contributed by atoms with Crippen LogP contribution in [0, 0.1) is 0 Å². The van der Waals surface area contributed by atoms with Crippen molar-refractivity contribution in [1.82, 2.24) is 25.1 Å². The highest BCUT2D eigenvalue weighted by Gasteiger charge is 2.41. The number of hydrazine groups is 1. The molecule has 1 saturated heterocycles. The Morgan fingerprint density at radius 1 is 1.14 bits per heavy atom. The van der Waals surface area contributed by atoms with Crippen LogP contribution in [0.25, 0.3) is 11.0 Å². The molecule has 5 atom stereocenters. The highest BCUT2D eigenvalue weighted by molar-refractivity contribution is 7.63. The maximum atomic E-state index is 14.1. The number of carbonyl (C=O) groups excluding carboxylic acids is 2. The number of ether oxygens (including phenoxy) is 3. The number of carbonyl (C=O) groups is 2. The molecule has 44 heavy (non-hydrogen) atoms. The molecule has 4 heterocycles. The van der Waals surface area contributed by atoms with Gasteiger partial charge >= 0.3 is 11.9 Å². The zero-order chi connectivity index (χ0) is 31.9. The monoisotopic (exact) mass is 633 g/mol. The van der Waals surface area contributed by atoms with Gasteiger partial charge in [-0.15, -0.1) is 0 Å². The molecule has 2 aromatic heterocycles. The van der Waals surface area contributed by atoms with Crippen molar-refractivity contribution in [2.45, 2.75) is 90.3 Å². The van der Waals surface area contributed by atoms with Crippen LogP contribution < -0.4 is 26.2 Å². The number of nitrogens with one attached hydrogen (secondary N) is 3. The molecule has 2 aliphatic heterocycles. The number of nitrogens with zero attached hydrogens (tertiary/aromatic N) is 4. The van der Waals surface area contributed by atoms with Gasteiger partial charge in [-0.3, -0.25) is 24.4 Å². The molecule has 0 bridgehead atoms. The first-order valence-electron chi connectivity index (χ1n) is 14.8. The average molecular weight is 634 g/mol. The first-order chi connectivity index (χ1) is 21.0. The first kappa shape index (κ1) is 33.4. The summed E-state index contributed by atoms with van der Waals surface area (Å²) in [5.41, 5.74) is 3.37. The van der Waals surface area contributed by atoms with Crippen LogP contribution in [0.2, 0.25) is 0 Å². The van der Waals surface area contributed by atoms with E-state index in [0.29, 0.717) is 29.7 Å². The van der Waals surface area contributed by atoms with E-state index in [0.717, 1.165) is 12.8 Å². The van der Waals surface area contributed by atoms with Crippen LogP contribution >= 0.6 is 7.44 Å². The van der Waals surface area contributed by atoms with Crippen molar-refractivity contribution in [2.24, 2.45) is 0 Å². The third-order valence-corrected chi connectivity index (χ3v) is 9.13. The molecule has 15 nitrogen and oxygen atoms in total. The lowest BCUT2D eigenvalue weighted by atomic mass is 10.2. The van der Waals surface area contributed by atoms with Crippen LogP contribution in [-0.4, -0.2) is 75.7 Å². The molecule has 240 valence electrons. The molecule has 4 rings (SSSR count). The predicted molar refractivity (Wildman–Crippen MR) is 163 cm³/mol. The molecule has 0 unspecified atom stereocenters. The Kier molecular flexibility index (Phi) is 11.4. The van der Waals surface area contributed by atoms with Crippen LogP contribution in [0.4, 0.5) is 11.5 Å². The summed E-state index contributed by atoms with van der Waals surface area (Å²) in [6.45, 7) is 7.47. The van der Waals surface area contributed by atoms with E-state index in [-0.39, 0.29) is 25.3 Å². The molecule has 1 fully saturated rings. The van der Waals surface area contributed by atoms with Crippen LogP contribution in [0.15, 0.2) is 35.1 Å². The number of rotatable bonds is 15. The average Bonchev–Trinajstić information content (AvgIpc) is 3.49. The number of aliphatic hydroxyl groups excluding tert-OH is 1. The third-order valence-electron chi connectivity index (χ3n) is 7.00. The van der Waals surface area contributed by atoms with Crippen LogP contribution in [-0.2, 0) is 28.4 Å². The Labute approximate surface area is 255 Å². The lowest BCUT2D eigenvalue weighted by Crippen LogP contribution is -2.44. The predicted octanol–water partition coefficient (Wildman–Crippen LogP) is 2.36. The van der Waals surface area contributed by atoms with Gasteiger partial charge in [-0.1, -0.05) is 26.7 Å². The van der Waals surface area contributed by atoms with Gasteiger partial charge < -0.3 is 19.3 Å². The number of esters is 2. The zero-order valence-corrected chi connectivity index (χ0v) is 26.2. The fraction of sp³-hybridized carbons (Fsp3) is 0.571. The van der Waals surface area contributed by atoms with Crippen molar-refractivity contribution in [3.05, 3.63) is 40.7 Å². The molecule has 0 aromatic carbocycles. The van der Waals surface area contributed by atoms with Gasteiger partial charge in [0, 0.05) is 18.3 Å². The highest BCUT2D eigenvalue weighted by Crippen LogP contribution is 2.42. The largest absolute Gasteiger partial charge is 0.465 e. The maximum absolute atomic E-state index is 14.1. The van der Waals surface area contributed by atoms with Gasteiger partial charge in [-0.25, -0.2) is 25.2 Å². The lowest BCUT2D eigenvalue weighted by Gasteiger charge is -2.28. The second-order valence-corrected chi connectivity index (χ2v) is 12.8. The molecule has 0 amide bonds. The highest BCUT2D eigenvalue weighted by atomic mass is 31.2. The molecule has 2 aliphatic rings. The lowest BCUT2D eigenvalue weighted by molar-refractivity contribution is -0.145. The van der Waals surface area contributed by atoms with Gasteiger partial charge in [-0.2, -0.15) is 4.98 Å². The Morgan fingerprint density at radius 2 is 1.77 bits per heavy atom. The first-order valence-corrected chi connectivity index (χ1v) is 16.6. The van der Waals surface area contributed by atoms with Gasteiger partial charge in [-0.05, 0) is 38.8 Å². The zero-order valence-electron chi connectivity index (χ0n) is 25.3. The van der Waals surface area contributed by atoms with E-state index < -0.39 is 55.5 Å². The van der Waals surface area contributed by atoms with Crippen molar-refractivity contribution in [1.29, 1.82) is 0 Å². The fourth-order valence-electron chi connectivity index (χ4n) is 4.66. The Morgan fingerprint density at radius 3 is 2.39 bits per heavy atom. The van der Waals surface area contributed by atoms with Crippen LogP contribution in [0.5, 0.6) is 0 Å². The van der Waals surface area contributed by atoms with Crippen molar-refractivity contribution in [2.75, 3.05) is 23.6 Å². The van der Waals surface area contributed by atoms with Crippen molar-refractivity contribution >= 4 is 41.9 Å². The molecule has 0 radical (unpaired) electrons. The Balaban J connectivity index is 1.50. The molecule has 2 aromatic rings. The van der Waals surface area contributed by atoms with Crippen molar-refractivity contribution in [3.63, 3.8) is 0 Å². The normalized spacial score (nSPS) is 20.9. The van der Waals surface area contributed by atoms with Crippen molar-refractivity contribution in [3.8, 4) is 0 Å². The molecular weight excluding hydrogens is 593 g/mol. The van der Waals surface area contributed by atoms with Crippen LogP contribution in [0.3, 0.4) is 0 Å². The summed E-state index contributed by atoms with van der Waals surface area (Å²) < 4.78 is 30.7. The second-order valence-electron chi connectivity index (χ2n) is 10.7. The standard InChI is InChI=1S/C28H40N7O8P/c1-5-7-12-41-27(38)17(3)33-44(40,34-18(4)28(39)42-13-8-6-2)14-11-19-15-21(36)26(43-19)35-25-23-20(32-35)9-10-22(37)31-24(23)29-16-30-25/h9-11,14,16-19,21,26,32,36H,5-8,12-13,15H2,1-4H3,(H2,33,34,40)/b14-11+/t17-,18-,19+,21+,26+/m0/s1. The Hall–Kier alpha value is -3.49. The summed E-state index contributed by atoms with van der Waals surface area (Å²) in [4.78, 5) is 49.4. The van der Waals surface area contributed by atoms with Gasteiger partial charge in [0.25, 0.3) is 5.56 Å². The number of hydrogen-bond acceptors (Lipinski definition) is 13. The van der Waals surface area contributed by atoms with E-state index in [4.69, 9.17) is 14.2 Å². The minimum atomic E-state index is -3.76. The van der Waals surface area contributed by atoms with E-state index in [9.17, 15) is 24.1 Å². The fourth-order valence-corrected chi connectivity index (χ4v) is 6.70. The van der Waals surface area contributed by atoms with E-state index in [1.54, 1.807) is 6.07 Å². The van der Waals surface area contributed by atoms with E-state index in [1.165, 1.54) is 43.1 Å². The number of unbranched alkanes of at least 4 members (excludes halogenated alkanes) is 2. The van der Waals surface area contributed by atoms with Gasteiger partial charge in [0.15, 0.2) is 17.7 Å². The number of hydrogen-bond donors (Lipinski definition) is 4. The minimum Gasteiger partial charge on any atom is -0.465 e. The van der Waals surface area contributed by atoms with Gasteiger partial charge in [0.05, 0.1) is 30.4 Å². The molecule has 4 N–H and O–H groups in total. The van der Waals surface area contributed by atoms with E-state index >= 15 is 0 Å². The molecule has 0 saturated carbocycles. The van der Waals surface area contributed by atoms with Crippen molar-refractivity contribution < 1.29 is 33.5 Å². The summed E-state index contributed by atoms with van der Waals surface area (Å²) in [5.74, 6) is 0.541. The van der Waals surface area contributed by atoms with Crippen LogP contribution in [0.1, 0.15) is 59.8 Å². The number of anilines is 2. The van der Waals surface area contributed by atoms with Gasteiger partial charge in [0.1, 0.15) is 24.5 Å². The summed E-state index contributed by atoms with van der Waals surface area (Å²) >= 11 is 0. The molecule has 0 spiro atoms. The number of aromatic nitrogens is 3. The second kappa shape index (κ2) is 15.0. The molecule has 16 heteroatoms. The topological polar surface area (TPSA) is 194 Å². The van der Waals surface area contributed by atoms with E-state index in [1.807, 2.05) is 13.8 Å². The maximum Gasteiger partial charge on any atom is 0.323 e. The number of aliphatic hydroxyl groups is 1. The molecule has 0 aliphatic carbocycles. The smallest absolute Gasteiger partial charge is 0.323 e. The summed E-state index contributed by atoms with van der Waals surface area (Å²) in [7, 11) is -3.76. The van der Waals surface area contributed by atoms with Gasteiger partial charge in [0.2, 0.25) is 7.44 Å². The third kappa shape index (κ3) is 8.16. The SMILES string of the molecule is CCCCOC(=O)[C@H](C)NP(=O)(/C=C/[C@@H]1C[C@@H](O)[C@H](N2Nc3ccc(=O)nc4ncnc2c34)O1)N[C@@H](C)C(=O)OCCCC. The quantitative estimate of drug-likeness (QED) is 0.127. The Bertz CT molecular complexity index is 1440. The minimum absolute atomic E-state index is 0.143. The summed E-state index contributed by atoms with van der Waals surface area (Å²) in [6, 6.07) is 0.934. The van der Waals surface area contributed by atoms with E-state index in [2.05, 4.69) is 30.6 Å². The molecular formula is C28H40N7O8P. The summed E-state index contributed by atoms with van der Waals surface area (Å²) in [6.07, 6.45) is 3.41.